The first-order valence-corrected chi connectivity index (χ1v) is 23.1. The Hall–Kier alpha value is -3.11. The molecule has 0 aliphatic carbocycles. The first kappa shape index (κ1) is 44.3. The van der Waals surface area contributed by atoms with Crippen molar-refractivity contribution in [2.24, 2.45) is 10.5 Å². The Bertz CT molecular complexity index is 2140. The smallest absolute Gasteiger partial charge is 0.294 e. The second kappa shape index (κ2) is 17.6. The van der Waals surface area contributed by atoms with Crippen molar-refractivity contribution < 1.29 is 61.3 Å². The lowest BCUT2D eigenvalue weighted by Gasteiger charge is -2.29. The Balaban J connectivity index is 2.06. The summed E-state index contributed by atoms with van der Waals surface area (Å²) in [6, 6.07) is 4.17. The Morgan fingerprint density at radius 1 is 0.774 bits per heavy atom. The molecular weight excluding hydrogens is 775 g/mol. The van der Waals surface area contributed by atoms with Crippen molar-refractivity contribution >= 4 is 63.9 Å². The van der Waals surface area contributed by atoms with E-state index >= 15 is 0 Å². The molecule has 2 heterocycles. The van der Waals surface area contributed by atoms with Crippen molar-refractivity contribution in [3.05, 3.63) is 59.8 Å². The third-order valence-electron chi connectivity index (χ3n) is 9.53. The fourth-order valence-electron chi connectivity index (χ4n) is 6.73. The highest BCUT2D eigenvalue weighted by molar-refractivity contribution is 7.86. The number of allylic oxidation sites excluding steroid dienone is 6. The number of nitrogens with zero attached hydrogens (tertiary/aromatic N) is 3. The maximum atomic E-state index is 12.1. The minimum absolute atomic E-state index is 0.0199. The van der Waals surface area contributed by atoms with Gasteiger partial charge in [-0.3, -0.25) is 23.2 Å². The van der Waals surface area contributed by atoms with Gasteiger partial charge in [0.2, 0.25) is 5.69 Å². The maximum Gasteiger partial charge on any atom is 0.294 e. The van der Waals surface area contributed by atoms with Gasteiger partial charge >= 0.3 is 0 Å². The summed E-state index contributed by atoms with van der Waals surface area (Å²) in [6.07, 6.45) is 11.6. The van der Waals surface area contributed by atoms with Crippen molar-refractivity contribution in [2.75, 3.05) is 30.3 Å². The van der Waals surface area contributed by atoms with E-state index in [9.17, 15) is 56.7 Å². The number of rotatable bonds is 21. The van der Waals surface area contributed by atoms with Crippen molar-refractivity contribution in [1.29, 1.82) is 0 Å². The zero-order valence-electron chi connectivity index (χ0n) is 29.8. The largest absolute Gasteiger partial charge is 0.303 e. The summed E-state index contributed by atoms with van der Waals surface area (Å²) in [4.78, 5) is 10.6. The molecule has 2 unspecified atom stereocenters. The highest BCUT2D eigenvalue weighted by atomic mass is 32.2. The quantitative estimate of drug-likeness (QED) is 0.0450. The van der Waals surface area contributed by atoms with E-state index in [-0.39, 0.29) is 43.5 Å². The molecule has 0 amide bonds. The SMILES string of the molecule is CC1=NN(CCCS(=O)(=O)O)\C(=C/C=C/C=C/C2=[N+](CCCCC=O)c3ccc(S(=O)(=O)O)cc3C2(C)CCCS(=O)(=O)O)C1(C)CCCS(=O)(=O)O. The van der Waals surface area contributed by atoms with Crippen LogP contribution in [0.5, 0.6) is 0 Å². The van der Waals surface area contributed by atoms with Crippen LogP contribution in [-0.2, 0) is 50.7 Å². The number of benzene rings is 1. The summed E-state index contributed by atoms with van der Waals surface area (Å²) in [7, 11) is -17.3. The van der Waals surface area contributed by atoms with Crippen molar-refractivity contribution in [3.63, 3.8) is 0 Å². The van der Waals surface area contributed by atoms with Crippen molar-refractivity contribution in [3.8, 4) is 0 Å². The van der Waals surface area contributed by atoms with E-state index in [1.165, 1.54) is 12.1 Å². The molecule has 0 radical (unpaired) electrons. The molecule has 0 saturated heterocycles. The standard InChI is InChI=1S/C33H47N3O13S4/c1-26-32(2,17-10-22-50(38,39)40)31(36(34-26)20-12-24-52(44,45)46)14-7-4-6-13-30-33(3,18-11-23-51(41,42)43)28-25-27(53(47,48)49)15-16-29(28)35(30)19-8-5-9-21-37/h4,6-7,13-16,21,25H,5,8-12,17-20,22-24H2,1-3H3,(H3-,38,39,40,41,42,43,44,45,46,47,48,49)/p+1. The third-order valence-corrected chi connectivity index (χ3v) is 12.8. The monoisotopic (exact) mass is 822 g/mol. The number of aldehydes is 1. The molecule has 20 heteroatoms. The van der Waals surface area contributed by atoms with E-state index in [1.54, 1.807) is 48.4 Å². The summed E-state index contributed by atoms with van der Waals surface area (Å²) in [5.41, 5.74) is 1.29. The normalized spacial score (nSPS) is 22.1. The molecule has 0 fully saturated rings. The molecule has 1 aromatic carbocycles. The van der Waals surface area contributed by atoms with Gasteiger partial charge in [0.25, 0.3) is 40.5 Å². The van der Waals surface area contributed by atoms with Gasteiger partial charge in [-0.25, -0.2) is 0 Å². The van der Waals surface area contributed by atoms with E-state index in [2.05, 4.69) is 5.10 Å². The number of unbranched alkanes of at least 4 members (excludes halogenated alkanes) is 2. The molecule has 296 valence electrons. The lowest BCUT2D eigenvalue weighted by atomic mass is 9.76. The van der Waals surface area contributed by atoms with Gasteiger partial charge in [0.15, 0.2) is 5.71 Å². The molecule has 2 aliphatic rings. The second-order valence-corrected chi connectivity index (χ2v) is 19.7. The van der Waals surface area contributed by atoms with Gasteiger partial charge in [0.05, 0.1) is 27.6 Å². The average molecular weight is 823 g/mol. The fraction of sp³-hybridized carbons (Fsp3) is 0.545. The summed E-state index contributed by atoms with van der Waals surface area (Å²) < 4.78 is 133. The van der Waals surface area contributed by atoms with Crippen LogP contribution in [0.3, 0.4) is 0 Å². The third kappa shape index (κ3) is 12.5. The Kier molecular flexibility index (Phi) is 14.7. The van der Waals surface area contributed by atoms with Crippen LogP contribution in [0, 0.1) is 5.41 Å². The summed E-state index contributed by atoms with van der Waals surface area (Å²) in [5.74, 6) is -1.50. The van der Waals surface area contributed by atoms with E-state index in [4.69, 9.17) is 0 Å². The first-order valence-electron chi connectivity index (χ1n) is 16.9. The summed E-state index contributed by atoms with van der Waals surface area (Å²) in [6.45, 7) is 5.96. The van der Waals surface area contributed by atoms with Crippen LogP contribution in [0.2, 0.25) is 0 Å². The maximum absolute atomic E-state index is 12.1. The first-order chi connectivity index (χ1) is 24.4. The molecule has 3 rings (SSSR count). The molecule has 2 atom stereocenters. The minimum Gasteiger partial charge on any atom is -0.303 e. The zero-order valence-corrected chi connectivity index (χ0v) is 33.1. The van der Waals surface area contributed by atoms with Gasteiger partial charge in [-0.1, -0.05) is 18.2 Å². The topological polar surface area (TPSA) is 253 Å². The van der Waals surface area contributed by atoms with Gasteiger partial charge in [-0.15, -0.1) is 0 Å². The van der Waals surface area contributed by atoms with Crippen LogP contribution in [0.15, 0.2) is 64.3 Å². The molecule has 0 saturated carbocycles. The molecule has 4 N–H and O–H groups in total. The van der Waals surface area contributed by atoms with Crippen LogP contribution in [-0.4, -0.2) is 110 Å². The lowest BCUT2D eigenvalue weighted by Crippen LogP contribution is -2.32. The highest BCUT2D eigenvalue weighted by Crippen LogP contribution is 2.45. The number of hydrogen-bond donors (Lipinski definition) is 4. The predicted octanol–water partition coefficient (Wildman–Crippen LogP) is 3.97. The number of carbonyl (C=O) groups excluding carboxylic acids is 1. The number of hydrogen-bond acceptors (Lipinski definition) is 11. The molecule has 16 nitrogen and oxygen atoms in total. The van der Waals surface area contributed by atoms with Crippen LogP contribution < -0.4 is 0 Å². The van der Waals surface area contributed by atoms with Crippen LogP contribution >= 0.6 is 0 Å². The molecule has 0 aromatic heterocycles. The Morgan fingerprint density at radius 3 is 1.92 bits per heavy atom. The molecule has 1 aromatic rings. The number of carbonyl (C=O) groups is 1. The molecular formula is C33H48N3O13S4+. The summed E-state index contributed by atoms with van der Waals surface area (Å²) >= 11 is 0. The van der Waals surface area contributed by atoms with Crippen molar-refractivity contribution in [1.82, 2.24) is 5.01 Å². The Labute approximate surface area is 312 Å². The van der Waals surface area contributed by atoms with Crippen LogP contribution in [0.4, 0.5) is 5.69 Å². The zero-order chi connectivity index (χ0) is 39.9. The van der Waals surface area contributed by atoms with E-state index in [0.717, 1.165) is 6.29 Å². The minimum atomic E-state index is -4.59. The van der Waals surface area contributed by atoms with Crippen LogP contribution in [0.25, 0.3) is 0 Å². The molecule has 2 aliphatic heterocycles. The molecule has 0 bridgehead atoms. The van der Waals surface area contributed by atoms with E-state index in [1.807, 2.05) is 18.4 Å². The molecule has 53 heavy (non-hydrogen) atoms. The van der Waals surface area contributed by atoms with Crippen LogP contribution in [0.1, 0.15) is 77.7 Å². The van der Waals surface area contributed by atoms with E-state index in [0.29, 0.717) is 54.2 Å². The van der Waals surface area contributed by atoms with Gasteiger partial charge < -0.3 is 4.79 Å². The van der Waals surface area contributed by atoms with Gasteiger partial charge in [-0.2, -0.15) is 43.3 Å². The van der Waals surface area contributed by atoms with Gasteiger partial charge in [0.1, 0.15) is 12.8 Å². The second-order valence-electron chi connectivity index (χ2n) is 13.5. The summed E-state index contributed by atoms with van der Waals surface area (Å²) in [5, 5.41) is 6.16. The highest BCUT2D eigenvalue weighted by Gasteiger charge is 2.48. The number of hydrazone groups is 1. The lowest BCUT2D eigenvalue weighted by molar-refractivity contribution is -0.438. The molecule has 0 spiro atoms. The predicted molar refractivity (Wildman–Crippen MR) is 200 cm³/mol. The fourth-order valence-corrected chi connectivity index (χ4v) is 8.75. The van der Waals surface area contributed by atoms with E-state index < -0.39 is 68.6 Å². The average Bonchev–Trinajstić information content (AvgIpc) is 3.38. The van der Waals surface area contributed by atoms with Gasteiger partial charge in [-0.05, 0) is 77.5 Å². The van der Waals surface area contributed by atoms with Crippen molar-refractivity contribution in [2.45, 2.75) is 82.4 Å². The Morgan fingerprint density at radius 2 is 1.36 bits per heavy atom. The number of fused-ring (bicyclic) bond motifs is 1. The van der Waals surface area contributed by atoms with Gasteiger partial charge in [0, 0.05) is 53.9 Å².